The Kier molecular flexibility index (Phi) is 1.86. The first-order chi connectivity index (χ1) is 7.36. The minimum Gasteiger partial charge on any atom is -0.384 e. The van der Waals surface area contributed by atoms with E-state index in [0.717, 1.165) is 17.5 Å². The second kappa shape index (κ2) is 3.21. The van der Waals surface area contributed by atoms with Gasteiger partial charge in [-0.05, 0) is 28.7 Å². The van der Waals surface area contributed by atoms with Crippen LogP contribution >= 0.6 is 0 Å². The Morgan fingerprint density at radius 1 is 0.800 bits per heavy atom. The van der Waals surface area contributed by atoms with Crippen LogP contribution in [-0.2, 0) is 6.42 Å². The zero-order valence-electron chi connectivity index (χ0n) is 8.35. The summed E-state index contributed by atoms with van der Waals surface area (Å²) in [7, 11) is 0. The maximum atomic E-state index is 10.2. The van der Waals surface area contributed by atoms with E-state index < -0.39 is 6.10 Å². The summed E-state index contributed by atoms with van der Waals surface area (Å²) in [6.07, 6.45) is 0.481. The second-order valence-electron chi connectivity index (χ2n) is 3.98. The van der Waals surface area contributed by atoms with Crippen molar-refractivity contribution >= 4 is 0 Å². The number of fused-ring (bicyclic) bond motifs is 2. The summed E-state index contributed by atoms with van der Waals surface area (Å²) in [6.45, 7) is 0. The molecule has 2 aromatic rings. The molecule has 1 heteroatoms. The molecular formula is C14H12O. The maximum Gasteiger partial charge on any atom is 0.105 e. The molecule has 0 heterocycles. The Morgan fingerprint density at radius 3 is 1.80 bits per heavy atom. The van der Waals surface area contributed by atoms with Gasteiger partial charge >= 0.3 is 0 Å². The monoisotopic (exact) mass is 196 g/mol. The summed E-state index contributed by atoms with van der Waals surface area (Å²) in [5, 5.41) is 10.2. The lowest BCUT2D eigenvalue weighted by molar-refractivity contribution is 0.215. The number of benzene rings is 2. The van der Waals surface area contributed by atoms with Gasteiger partial charge in [0.2, 0.25) is 0 Å². The van der Waals surface area contributed by atoms with E-state index in [1.165, 1.54) is 11.1 Å². The number of rotatable bonds is 0. The van der Waals surface area contributed by atoms with Crippen molar-refractivity contribution in [1.82, 2.24) is 0 Å². The van der Waals surface area contributed by atoms with Gasteiger partial charge in [-0.2, -0.15) is 0 Å². The third-order valence-corrected chi connectivity index (χ3v) is 3.08. The molecule has 0 saturated carbocycles. The van der Waals surface area contributed by atoms with Crippen LogP contribution < -0.4 is 0 Å². The molecule has 0 unspecified atom stereocenters. The highest BCUT2D eigenvalue weighted by Crippen LogP contribution is 2.34. The van der Waals surface area contributed by atoms with E-state index >= 15 is 0 Å². The van der Waals surface area contributed by atoms with Crippen LogP contribution in [0.3, 0.4) is 0 Å². The Hall–Kier alpha value is -1.60. The Morgan fingerprint density at radius 2 is 1.27 bits per heavy atom. The molecule has 0 amide bonds. The van der Waals surface area contributed by atoms with Crippen LogP contribution in [0.5, 0.6) is 0 Å². The van der Waals surface area contributed by atoms with Crippen LogP contribution in [0.4, 0.5) is 0 Å². The Balaban J connectivity index is 2.20. The smallest absolute Gasteiger partial charge is 0.105 e. The topological polar surface area (TPSA) is 20.2 Å². The van der Waals surface area contributed by atoms with Crippen LogP contribution in [0, 0.1) is 0 Å². The first kappa shape index (κ1) is 8.69. The lowest BCUT2D eigenvalue weighted by atomic mass is 9.84. The van der Waals surface area contributed by atoms with Gasteiger partial charge in [0.25, 0.3) is 0 Å². The van der Waals surface area contributed by atoms with Crippen molar-refractivity contribution in [3.8, 4) is 0 Å². The van der Waals surface area contributed by atoms with Crippen molar-refractivity contribution in [2.45, 2.75) is 12.5 Å². The molecule has 1 aliphatic carbocycles. The minimum atomic E-state index is -0.453. The summed E-state index contributed by atoms with van der Waals surface area (Å²) >= 11 is 0. The highest BCUT2D eigenvalue weighted by molar-refractivity contribution is 5.47. The van der Waals surface area contributed by atoms with Crippen LogP contribution in [0.2, 0.25) is 0 Å². The van der Waals surface area contributed by atoms with Crippen molar-refractivity contribution in [3.63, 3.8) is 0 Å². The standard InChI is InChI=1S/C14H12O/c15-14-12-7-3-1-5-10(12)9-11-6-2-4-8-13(11)14/h1-8,14-15H,9H2. The molecule has 3 rings (SSSR count). The summed E-state index contributed by atoms with van der Waals surface area (Å²) in [6, 6.07) is 16.2. The summed E-state index contributed by atoms with van der Waals surface area (Å²) in [5.74, 6) is 0. The fourth-order valence-corrected chi connectivity index (χ4v) is 2.30. The predicted molar refractivity (Wildman–Crippen MR) is 59.8 cm³/mol. The molecular weight excluding hydrogens is 184 g/mol. The first-order valence-corrected chi connectivity index (χ1v) is 5.20. The lowest BCUT2D eigenvalue weighted by Crippen LogP contribution is -2.12. The first-order valence-electron chi connectivity index (χ1n) is 5.20. The molecule has 2 aromatic carbocycles. The third-order valence-electron chi connectivity index (χ3n) is 3.08. The zero-order valence-corrected chi connectivity index (χ0v) is 8.35. The van der Waals surface area contributed by atoms with Gasteiger partial charge in [0.1, 0.15) is 6.10 Å². The van der Waals surface area contributed by atoms with E-state index in [1.807, 2.05) is 36.4 Å². The van der Waals surface area contributed by atoms with Crippen LogP contribution in [0.25, 0.3) is 0 Å². The zero-order chi connectivity index (χ0) is 10.3. The highest BCUT2D eigenvalue weighted by Gasteiger charge is 2.22. The molecule has 0 spiro atoms. The molecule has 0 radical (unpaired) electrons. The van der Waals surface area contributed by atoms with Crippen molar-refractivity contribution in [1.29, 1.82) is 0 Å². The summed E-state index contributed by atoms with van der Waals surface area (Å²) in [5.41, 5.74) is 4.58. The molecule has 0 atom stereocenters. The van der Waals surface area contributed by atoms with Crippen LogP contribution in [-0.4, -0.2) is 5.11 Å². The normalized spacial score (nSPS) is 14.5. The summed E-state index contributed by atoms with van der Waals surface area (Å²) in [4.78, 5) is 0. The molecule has 0 aromatic heterocycles. The fourth-order valence-electron chi connectivity index (χ4n) is 2.30. The van der Waals surface area contributed by atoms with E-state index in [1.54, 1.807) is 0 Å². The van der Waals surface area contributed by atoms with E-state index in [2.05, 4.69) is 12.1 Å². The fraction of sp³-hybridized carbons (Fsp3) is 0.143. The Labute approximate surface area is 89.0 Å². The van der Waals surface area contributed by atoms with E-state index in [4.69, 9.17) is 0 Å². The van der Waals surface area contributed by atoms with Gasteiger partial charge in [-0.3, -0.25) is 0 Å². The van der Waals surface area contributed by atoms with Gasteiger partial charge in [0.15, 0.2) is 0 Å². The molecule has 1 aliphatic rings. The predicted octanol–water partition coefficient (Wildman–Crippen LogP) is 2.67. The van der Waals surface area contributed by atoms with Crippen molar-refractivity contribution in [2.24, 2.45) is 0 Å². The summed E-state index contributed by atoms with van der Waals surface area (Å²) < 4.78 is 0. The van der Waals surface area contributed by atoms with Gasteiger partial charge in [0, 0.05) is 0 Å². The van der Waals surface area contributed by atoms with Gasteiger partial charge in [0.05, 0.1) is 0 Å². The average Bonchev–Trinajstić information content (AvgIpc) is 2.30. The lowest BCUT2D eigenvalue weighted by Gasteiger charge is -2.24. The van der Waals surface area contributed by atoms with Gasteiger partial charge in [-0.15, -0.1) is 0 Å². The maximum absolute atomic E-state index is 10.2. The molecule has 1 nitrogen and oxygen atoms in total. The molecule has 0 aliphatic heterocycles. The number of hydrogen-bond donors (Lipinski definition) is 1. The molecule has 0 bridgehead atoms. The number of hydrogen-bond acceptors (Lipinski definition) is 1. The van der Waals surface area contributed by atoms with Crippen molar-refractivity contribution < 1.29 is 5.11 Å². The number of aliphatic hydroxyl groups is 1. The van der Waals surface area contributed by atoms with E-state index in [-0.39, 0.29) is 0 Å². The largest absolute Gasteiger partial charge is 0.384 e. The molecule has 0 fully saturated rings. The molecule has 15 heavy (non-hydrogen) atoms. The molecule has 0 saturated heterocycles. The minimum absolute atomic E-state index is 0.453. The molecule has 74 valence electrons. The van der Waals surface area contributed by atoms with Gasteiger partial charge in [-0.1, -0.05) is 48.5 Å². The number of aliphatic hydroxyl groups excluding tert-OH is 1. The second-order valence-corrected chi connectivity index (χ2v) is 3.98. The van der Waals surface area contributed by atoms with Gasteiger partial charge < -0.3 is 5.11 Å². The van der Waals surface area contributed by atoms with Gasteiger partial charge in [-0.25, -0.2) is 0 Å². The highest BCUT2D eigenvalue weighted by atomic mass is 16.3. The Bertz CT molecular complexity index is 457. The van der Waals surface area contributed by atoms with Crippen LogP contribution in [0.1, 0.15) is 28.4 Å². The quantitative estimate of drug-likeness (QED) is 0.686. The molecule has 1 N–H and O–H groups in total. The van der Waals surface area contributed by atoms with E-state index in [0.29, 0.717) is 0 Å². The third kappa shape index (κ3) is 1.28. The van der Waals surface area contributed by atoms with Crippen molar-refractivity contribution in [2.75, 3.05) is 0 Å². The average molecular weight is 196 g/mol. The van der Waals surface area contributed by atoms with Crippen LogP contribution in [0.15, 0.2) is 48.5 Å². The van der Waals surface area contributed by atoms with E-state index in [9.17, 15) is 5.11 Å². The van der Waals surface area contributed by atoms with Crippen molar-refractivity contribution in [3.05, 3.63) is 70.8 Å². The SMILES string of the molecule is OC1c2ccccc2Cc2ccccc21.